The smallest absolute Gasteiger partial charge is 0.243 e. The van der Waals surface area contributed by atoms with Crippen LogP contribution in [0.15, 0.2) is 71.9 Å². The fraction of sp³-hybridized carbons (Fsp3) is 0.273. The maximum Gasteiger partial charge on any atom is 0.243 e. The highest BCUT2D eigenvalue weighted by Gasteiger charge is 2.33. The fourth-order valence-electron chi connectivity index (χ4n) is 3.69. The topological polar surface area (TPSA) is 79.4 Å². The number of benzene rings is 2. The molecule has 1 fully saturated rings. The van der Waals surface area contributed by atoms with Gasteiger partial charge in [-0.1, -0.05) is 36.4 Å². The van der Waals surface area contributed by atoms with E-state index in [0.29, 0.717) is 25.9 Å². The van der Waals surface area contributed by atoms with E-state index in [-0.39, 0.29) is 23.3 Å². The number of amides is 1. The van der Waals surface area contributed by atoms with Crippen molar-refractivity contribution in [1.82, 2.24) is 14.6 Å². The van der Waals surface area contributed by atoms with E-state index in [1.807, 2.05) is 42.5 Å². The molecule has 0 saturated carbocycles. The summed E-state index contributed by atoms with van der Waals surface area (Å²) in [5.74, 6) is -0.470. The number of piperidine rings is 1. The van der Waals surface area contributed by atoms with E-state index in [1.54, 1.807) is 24.5 Å². The van der Waals surface area contributed by atoms with Crippen molar-refractivity contribution in [2.75, 3.05) is 13.1 Å². The lowest BCUT2D eigenvalue weighted by Crippen LogP contribution is -2.45. The van der Waals surface area contributed by atoms with E-state index in [9.17, 15) is 13.2 Å². The first-order chi connectivity index (χ1) is 14.0. The molecule has 0 unspecified atom stereocenters. The Kier molecular flexibility index (Phi) is 5.60. The zero-order valence-electron chi connectivity index (χ0n) is 16.0. The van der Waals surface area contributed by atoms with Gasteiger partial charge in [-0.05, 0) is 47.4 Å². The Morgan fingerprint density at radius 2 is 1.93 bits per heavy atom. The summed E-state index contributed by atoms with van der Waals surface area (Å²) in [6, 6.07) is 16.6. The van der Waals surface area contributed by atoms with Crippen molar-refractivity contribution in [3.8, 4) is 0 Å². The molecule has 6 nitrogen and oxygen atoms in total. The van der Waals surface area contributed by atoms with Crippen LogP contribution in [-0.2, 0) is 21.4 Å². The molecule has 29 heavy (non-hydrogen) atoms. The highest BCUT2D eigenvalue weighted by atomic mass is 32.2. The Morgan fingerprint density at radius 1 is 1.10 bits per heavy atom. The van der Waals surface area contributed by atoms with Crippen LogP contribution in [0, 0.1) is 5.92 Å². The van der Waals surface area contributed by atoms with Crippen LogP contribution in [0.2, 0.25) is 0 Å². The third kappa shape index (κ3) is 4.31. The van der Waals surface area contributed by atoms with Gasteiger partial charge in [-0.2, -0.15) is 4.31 Å². The molecule has 1 N–H and O–H groups in total. The van der Waals surface area contributed by atoms with Gasteiger partial charge in [0.25, 0.3) is 0 Å². The summed E-state index contributed by atoms with van der Waals surface area (Å²) >= 11 is 0. The molecule has 3 aromatic rings. The predicted octanol–water partition coefficient (Wildman–Crippen LogP) is 2.95. The van der Waals surface area contributed by atoms with E-state index >= 15 is 0 Å². The van der Waals surface area contributed by atoms with Crippen LogP contribution >= 0.6 is 0 Å². The van der Waals surface area contributed by atoms with Crippen LogP contribution in [0.3, 0.4) is 0 Å². The maximum atomic E-state index is 13.2. The Morgan fingerprint density at radius 3 is 2.72 bits per heavy atom. The maximum absolute atomic E-state index is 13.2. The van der Waals surface area contributed by atoms with Gasteiger partial charge in [0.05, 0.1) is 10.8 Å². The van der Waals surface area contributed by atoms with Crippen LogP contribution in [0.1, 0.15) is 18.4 Å². The van der Waals surface area contributed by atoms with E-state index < -0.39 is 10.0 Å². The Hall–Kier alpha value is -2.77. The summed E-state index contributed by atoms with van der Waals surface area (Å²) in [5.41, 5.74) is 0.914. The molecule has 1 aromatic heterocycles. The predicted molar refractivity (Wildman–Crippen MR) is 112 cm³/mol. The Balaban J connectivity index is 1.47. The quantitative estimate of drug-likeness (QED) is 0.703. The van der Waals surface area contributed by atoms with Gasteiger partial charge in [-0.15, -0.1) is 0 Å². The summed E-state index contributed by atoms with van der Waals surface area (Å²) in [6.07, 6.45) is 4.74. The lowest BCUT2D eigenvalue weighted by molar-refractivity contribution is -0.126. The minimum atomic E-state index is -3.64. The summed E-state index contributed by atoms with van der Waals surface area (Å²) in [4.78, 5) is 16.9. The number of hydrogen-bond acceptors (Lipinski definition) is 4. The summed E-state index contributed by atoms with van der Waals surface area (Å²) in [6.45, 7) is 1.02. The van der Waals surface area contributed by atoms with E-state index in [0.717, 1.165) is 16.3 Å². The molecule has 0 bridgehead atoms. The zero-order valence-corrected chi connectivity index (χ0v) is 16.8. The molecule has 150 valence electrons. The number of rotatable bonds is 5. The molecule has 1 aliphatic heterocycles. The van der Waals surface area contributed by atoms with Gasteiger partial charge in [-0.3, -0.25) is 9.78 Å². The van der Waals surface area contributed by atoms with Crippen molar-refractivity contribution in [2.24, 2.45) is 5.92 Å². The number of carbonyl (C=O) groups excluding carboxylic acids is 1. The van der Waals surface area contributed by atoms with Gasteiger partial charge >= 0.3 is 0 Å². The van der Waals surface area contributed by atoms with Gasteiger partial charge in [0, 0.05) is 32.0 Å². The number of nitrogens with zero attached hydrogens (tertiary/aromatic N) is 2. The normalized spacial score (nSPS) is 17.9. The van der Waals surface area contributed by atoms with Gasteiger partial charge < -0.3 is 5.32 Å². The number of sulfonamides is 1. The average molecular weight is 410 g/mol. The molecule has 0 aliphatic carbocycles. The third-order valence-corrected chi connectivity index (χ3v) is 7.16. The van der Waals surface area contributed by atoms with Crippen molar-refractivity contribution >= 4 is 26.7 Å². The number of aromatic nitrogens is 1. The van der Waals surface area contributed by atoms with Crippen molar-refractivity contribution < 1.29 is 13.2 Å². The van der Waals surface area contributed by atoms with E-state index in [4.69, 9.17) is 0 Å². The van der Waals surface area contributed by atoms with Crippen molar-refractivity contribution in [1.29, 1.82) is 0 Å². The summed E-state index contributed by atoms with van der Waals surface area (Å²) in [7, 11) is -3.64. The first kappa shape index (κ1) is 19.5. The third-order valence-electron chi connectivity index (χ3n) is 5.30. The number of carbonyl (C=O) groups is 1. The molecule has 1 saturated heterocycles. The summed E-state index contributed by atoms with van der Waals surface area (Å²) < 4.78 is 27.8. The first-order valence-corrected chi connectivity index (χ1v) is 11.1. The number of hydrogen-bond donors (Lipinski definition) is 1. The van der Waals surface area contributed by atoms with Gasteiger partial charge in [0.15, 0.2) is 0 Å². The van der Waals surface area contributed by atoms with Crippen LogP contribution < -0.4 is 5.32 Å². The van der Waals surface area contributed by atoms with Crippen LogP contribution in [0.25, 0.3) is 10.8 Å². The van der Waals surface area contributed by atoms with Gasteiger partial charge in [0.2, 0.25) is 15.9 Å². The standard InChI is InChI=1S/C22H23N3O3S/c26-22(24-15-17-5-3-11-23-14-17)20-8-4-12-25(16-20)29(27,28)21-10-9-18-6-1-2-7-19(18)13-21/h1-3,5-7,9-11,13-14,20H,4,8,12,15-16H2,(H,24,26)/t20-/m0/s1. The molecule has 1 amide bonds. The fourth-order valence-corrected chi connectivity index (χ4v) is 5.25. The molecule has 0 spiro atoms. The van der Waals surface area contributed by atoms with Gasteiger partial charge in [0.1, 0.15) is 0 Å². The van der Waals surface area contributed by atoms with E-state index in [1.165, 1.54) is 4.31 Å². The molecule has 7 heteroatoms. The Labute approximate surface area is 170 Å². The number of nitrogens with one attached hydrogen (secondary N) is 1. The molecule has 4 rings (SSSR count). The van der Waals surface area contributed by atoms with Crippen LogP contribution in [0.5, 0.6) is 0 Å². The minimum Gasteiger partial charge on any atom is -0.352 e. The lowest BCUT2D eigenvalue weighted by Gasteiger charge is -2.31. The summed E-state index contributed by atoms with van der Waals surface area (Å²) in [5, 5.41) is 4.79. The highest BCUT2D eigenvalue weighted by molar-refractivity contribution is 7.89. The van der Waals surface area contributed by atoms with E-state index in [2.05, 4.69) is 10.3 Å². The molecule has 1 atom stereocenters. The second kappa shape index (κ2) is 8.31. The second-order valence-electron chi connectivity index (χ2n) is 7.29. The second-order valence-corrected chi connectivity index (χ2v) is 9.23. The molecular formula is C22H23N3O3S. The molecule has 1 aliphatic rings. The highest BCUT2D eigenvalue weighted by Crippen LogP contribution is 2.26. The molecule has 0 radical (unpaired) electrons. The van der Waals surface area contributed by atoms with Crippen molar-refractivity contribution in [3.63, 3.8) is 0 Å². The zero-order chi connectivity index (χ0) is 20.3. The number of fused-ring (bicyclic) bond motifs is 1. The SMILES string of the molecule is O=C(NCc1cccnc1)[C@H]1CCCN(S(=O)(=O)c2ccc3ccccc3c2)C1. The van der Waals surface area contributed by atoms with Gasteiger partial charge in [-0.25, -0.2) is 8.42 Å². The molecular weight excluding hydrogens is 386 g/mol. The first-order valence-electron chi connectivity index (χ1n) is 9.69. The lowest BCUT2D eigenvalue weighted by atomic mass is 9.99. The van der Waals surface area contributed by atoms with Crippen molar-refractivity contribution in [3.05, 3.63) is 72.6 Å². The average Bonchev–Trinajstić information content (AvgIpc) is 2.78. The monoisotopic (exact) mass is 409 g/mol. The largest absolute Gasteiger partial charge is 0.352 e. The van der Waals surface area contributed by atoms with Crippen LogP contribution in [-0.4, -0.2) is 36.7 Å². The Bertz CT molecular complexity index is 1120. The van der Waals surface area contributed by atoms with Crippen LogP contribution in [0.4, 0.5) is 0 Å². The number of pyridine rings is 1. The molecule has 2 aromatic carbocycles. The molecule has 2 heterocycles. The minimum absolute atomic E-state index is 0.118. The van der Waals surface area contributed by atoms with Crippen molar-refractivity contribution in [2.45, 2.75) is 24.3 Å².